The lowest BCUT2D eigenvalue weighted by Gasteiger charge is -2.66. The van der Waals surface area contributed by atoms with Crippen LogP contribution in [-0.2, 0) is 0 Å². The highest BCUT2D eigenvalue weighted by Crippen LogP contribution is 2.65. The smallest absolute Gasteiger partial charge is 0.0785 e. The molecule has 0 bridgehead atoms. The number of fused-ring (bicyclic) bond motifs is 3. The predicted octanol–water partition coefficient (Wildman–Crippen LogP) is 4.23. The number of aliphatic hydroxyl groups excluding tert-OH is 1. The van der Waals surface area contributed by atoms with Crippen LogP contribution in [0.1, 0.15) is 66.2 Å². The molecular weight excluding hydrogens is 272 g/mol. The Balaban J connectivity index is 2.09. The number of hydrogen-bond donors (Lipinski definition) is 2. The lowest BCUT2D eigenvalue weighted by Crippen LogP contribution is -2.69. The summed E-state index contributed by atoms with van der Waals surface area (Å²) >= 11 is 0. The summed E-state index contributed by atoms with van der Waals surface area (Å²) in [6, 6.07) is 0. The average molecular weight is 304 g/mol. The fraction of sp³-hybridized carbons (Fsp3) is 0.800. The van der Waals surface area contributed by atoms with Gasteiger partial charge in [0.15, 0.2) is 0 Å². The van der Waals surface area contributed by atoms with Gasteiger partial charge in [0.1, 0.15) is 0 Å². The highest BCUT2D eigenvalue weighted by molar-refractivity contribution is 5.30. The van der Waals surface area contributed by atoms with Crippen LogP contribution in [0.2, 0.25) is 0 Å². The normalized spacial score (nSPS) is 50.5. The molecule has 124 valence electrons. The van der Waals surface area contributed by atoms with Crippen LogP contribution in [-0.4, -0.2) is 21.9 Å². The van der Waals surface area contributed by atoms with E-state index in [1.165, 1.54) is 5.57 Å². The first kappa shape index (κ1) is 16.3. The van der Waals surface area contributed by atoms with Gasteiger partial charge in [-0.05, 0) is 49.9 Å². The maximum absolute atomic E-state index is 11.7. The molecule has 0 spiro atoms. The summed E-state index contributed by atoms with van der Waals surface area (Å²) in [6.07, 6.45) is 9.55. The molecule has 0 radical (unpaired) electrons. The standard InChI is InChI=1S/C20H32O2/c1-6-18(4)11-8-15-14(13-18)7-12-20(22)17(2,3)10-9-16(21)19(15,20)5/h6,13,15-16,21-22H,1,7-12H2,2-5H3/t15-,16-,18-,19-,20+/m0/s1. The van der Waals surface area contributed by atoms with Crippen molar-refractivity contribution in [3.63, 3.8) is 0 Å². The lowest BCUT2D eigenvalue weighted by atomic mass is 9.42. The van der Waals surface area contributed by atoms with E-state index in [1.807, 2.05) is 0 Å². The van der Waals surface area contributed by atoms with Gasteiger partial charge in [0.25, 0.3) is 0 Å². The van der Waals surface area contributed by atoms with Gasteiger partial charge in [-0.3, -0.25) is 0 Å². The average Bonchev–Trinajstić information content (AvgIpc) is 2.47. The van der Waals surface area contributed by atoms with Gasteiger partial charge >= 0.3 is 0 Å². The first-order valence-electron chi connectivity index (χ1n) is 8.85. The van der Waals surface area contributed by atoms with E-state index in [-0.39, 0.29) is 10.8 Å². The molecule has 2 N–H and O–H groups in total. The van der Waals surface area contributed by atoms with Crippen LogP contribution in [0, 0.1) is 22.2 Å². The minimum Gasteiger partial charge on any atom is -0.392 e. The SMILES string of the molecule is C=C[C@]1(C)C=C2CC[C@@]3(O)C(C)(C)CC[C@H](O)[C@]3(C)[C@H]2CC1. The second-order valence-electron chi connectivity index (χ2n) is 9.10. The Hall–Kier alpha value is -0.600. The third-order valence-electron chi connectivity index (χ3n) is 7.65. The molecule has 2 nitrogen and oxygen atoms in total. The molecule has 0 amide bonds. The molecule has 0 aromatic carbocycles. The highest BCUT2D eigenvalue weighted by atomic mass is 16.3. The molecule has 0 unspecified atom stereocenters. The van der Waals surface area contributed by atoms with E-state index in [1.54, 1.807) is 0 Å². The van der Waals surface area contributed by atoms with Crippen molar-refractivity contribution in [3.8, 4) is 0 Å². The summed E-state index contributed by atoms with van der Waals surface area (Å²) in [5, 5.41) is 22.5. The molecule has 22 heavy (non-hydrogen) atoms. The Bertz CT molecular complexity index is 520. The summed E-state index contributed by atoms with van der Waals surface area (Å²) < 4.78 is 0. The molecule has 3 aliphatic rings. The van der Waals surface area contributed by atoms with Gasteiger partial charge in [-0.1, -0.05) is 45.4 Å². The number of rotatable bonds is 1. The Morgan fingerprint density at radius 2 is 1.82 bits per heavy atom. The van der Waals surface area contributed by atoms with Crippen LogP contribution in [0.15, 0.2) is 24.3 Å². The second-order valence-corrected chi connectivity index (χ2v) is 9.10. The van der Waals surface area contributed by atoms with Crippen molar-refractivity contribution in [1.82, 2.24) is 0 Å². The van der Waals surface area contributed by atoms with Crippen molar-refractivity contribution in [2.75, 3.05) is 0 Å². The molecular formula is C20H32O2. The van der Waals surface area contributed by atoms with Crippen LogP contribution >= 0.6 is 0 Å². The van der Waals surface area contributed by atoms with Crippen LogP contribution in [0.4, 0.5) is 0 Å². The molecule has 3 rings (SSSR count). The Morgan fingerprint density at radius 1 is 1.14 bits per heavy atom. The van der Waals surface area contributed by atoms with E-state index >= 15 is 0 Å². The lowest BCUT2D eigenvalue weighted by molar-refractivity contribution is -0.255. The van der Waals surface area contributed by atoms with E-state index in [0.29, 0.717) is 5.92 Å². The molecule has 2 saturated carbocycles. The maximum atomic E-state index is 11.7. The van der Waals surface area contributed by atoms with Crippen molar-refractivity contribution in [1.29, 1.82) is 0 Å². The molecule has 5 atom stereocenters. The third-order valence-corrected chi connectivity index (χ3v) is 7.65. The number of aliphatic hydroxyl groups is 2. The van der Waals surface area contributed by atoms with E-state index in [4.69, 9.17) is 0 Å². The molecule has 3 aliphatic carbocycles. The van der Waals surface area contributed by atoms with Crippen molar-refractivity contribution in [2.45, 2.75) is 77.9 Å². The number of allylic oxidation sites excluding steroid dienone is 3. The van der Waals surface area contributed by atoms with Crippen LogP contribution in [0.25, 0.3) is 0 Å². The van der Waals surface area contributed by atoms with Crippen molar-refractivity contribution in [3.05, 3.63) is 24.3 Å². The molecule has 0 heterocycles. The quantitative estimate of drug-likeness (QED) is 0.712. The van der Waals surface area contributed by atoms with Crippen LogP contribution < -0.4 is 0 Å². The highest BCUT2D eigenvalue weighted by Gasteiger charge is 2.66. The fourth-order valence-corrected chi connectivity index (χ4v) is 5.79. The summed E-state index contributed by atoms with van der Waals surface area (Å²) in [7, 11) is 0. The summed E-state index contributed by atoms with van der Waals surface area (Å²) in [6.45, 7) is 12.8. The van der Waals surface area contributed by atoms with Crippen LogP contribution in [0.3, 0.4) is 0 Å². The Labute approximate surface area is 135 Å². The fourth-order valence-electron chi connectivity index (χ4n) is 5.79. The summed E-state index contributed by atoms with van der Waals surface area (Å²) in [4.78, 5) is 0. The van der Waals surface area contributed by atoms with E-state index in [2.05, 4.69) is 46.4 Å². The zero-order valence-corrected chi connectivity index (χ0v) is 14.7. The molecule has 0 aliphatic heterocycles. The zero-order valence-electron chi connectivity index (χ0n) is 14.7. The Kier molecular flexibility index (Phi) is 3.48. The largest absolute Gasteiger partial charge is 0.392 e. The van der Waals surface area contributed by atoms with Gasteiger partial charge in [0.05, 0.1) is 11.7 Å². The van der Waals surface area contributed by atoms with E-state index in [9.17, 15) is 10.2 Å². The van der Waals surface area contributed by atoms with Crippen molar-refractivity contribution in [2.24, 2.45) is 22.2 Å². The third kappa shape index (κ3) is 1.86. The zero-order chi connectivity index (χ0) is 16.4. The van der Waals surface area contributed by atoms with Crippen molar-refractivity contribution >= 4 is 0 Å². The van der Waals surface area contributed by atoms with E-state index < -0.39 is 17.1 Å². The second kappa shape index (κ2) is 4.70. The van der Waals surface area contributed by atoms with Gasteiger partial charge in [0, 0.05) is 10.8 Å². The van der Waals surface area contributed by atoms with E-state index in [0.717, 1.165) is 38.5 Å². The van der Waals surface area contributed by atoms with Crippen LogP contribution in [0.5, 0.6) is 0 Å². The van der Waals surface area contributed by atoms with Gasteiger partial charge in [-0.25, -0.2) is 0 Å². The topological polar surface area (TPSA) is 40.5 Å². The number of hydrogen-bond acceptors (Lipinski definition) is 2. The van der Waals surface area contributed by atoms with Gasteiger partial charge in [-0.15, -0.1) is 6.58 Å². The molecule has 0 saturated heterocycles. The van der Waals surface area contributed by atoms with Gasteiger partial charge < -0.3 is 10.2 Å². The predicted molar refractivity (Wildman–Crippen MR) is 90.4 cm³/mol. The molecule has 0 aromatic rings. The molecule has 2 fully saturated rings. The first-order chi connectivity index (χ1) is 10.1. The maximum Gasteiger partial charge on any atom is 0.0785 e. The van der Waals surface area contributed by atoms with Gasteiger partial charge in [-0.2, -0.15) is 0 Å². The summed E-state index contributed by atoms with van der Waals surface area (Å²) in [5.41, 5.74) is 0.180. The van der Waals surface area contributed by atoms with Crippen molar-refractivity contribution < 1.29 is 10.2 Å². The first-order valence-corrected chi connectivity index (χ1v) is 8.85. The molecule has 0 aromatic heterocycles. The molecule has 2 heteroatoms. The summed E-state index contributed by atoms with van der Waals surface area (Å²) in [5.74, 6) is 0.300. The Morgan fingerprint density at radius 3 is 2.45 bits per heavy atom. The minimum absolute atomic E-state index is 0.0762. The van der Waals surface area contributed by atoms with Gasteiger partial charge in [0.2, 0.25) is 0 Å². The monoisotopic (exact) mass is 304 g/mol. The minimum atomic E-state index is -0.776.